The maximum atomic E-state index is 12.0. The van der Waals surface area contributed by atoms with Crippen LogP contribution in [-0.4, -0.2) is 17.2 Å². The van der Waals surface area contributed by atoms with E-state index >= 15 is 0 Å². The van der Waals surface area contributed by atoms with E-state index in [1.54, 1.807) is 0 Å². The number of carbonyl (C=O) groups is 1. The Kier molecular flexibility index (Phi) is 5.66. The quantitative estimate of drug-likeness (QED) is 0.528. The van der Waals surface area contributed by atoms with E-state index in [2.05, 4.69) is 0 Å². The smallest absolute Gasteiger partial charge is 0.335 e. The van der Waals surface area contributed by atoms with E-state index in [4.69, 9.17) is 10.5 Å². The van der Waals surface area contributed by atoms with Crippen molar-refractivity contribution in [2.24, 2.45) is 0 Å². The van der Waals surface area contributed by atoms with E-state index < -0.39 is 12.1 Å². The van der Waals surface area contributed by atoms with Crippen LogP contribution in [0.25, 0.3) is 11.1 Å². The second-order valence-corrected chi connectivity index (χ2v) is 6.13. The second-order valence-electron chi connectivity index (χ2n) is 6.13. The van der Waals surface area contributed by atoms with Crippen LogP contribution < -0.4 is 5.73 Å². The lowest BCUT2D eigenvalue weighted by Crippen LogP contribution is -2.25. The number of rotatable bonds is 6. The second kappa shape index (κ2) is 8.32. The summed E-state index contributed by atoms with van der Waals surface area (Å²) < 4.78 is 5.17. The molecule has 3 N–H and O–H groups in total. The van der Waals surface area contributed by atoms with Gasteiger partial charge in [-0.1, -0.05) is 66.7 Å². The number of hydrogen-bond acceptors (Lipinski definition) is 4. The Hall–Kier alpha value is -3.11. The maximum Gasteiger partial charge on any atom is 0.335 e. The zero-order chi connectivity index (χ0) is 18.4. The van der Waals surface area contributed by atoms with E-state index in [-0.39, 0.29) is 13.0 Å². The van der Waals surface area contributed by atoms with Gasteiger partial charge in [0, 0.05) is 12.1 Å². The van der Waals surface area contributed by atoms with Crippen molar-refractivity contribution in [2.45, 2.75) is 19.1 Å². The molecule has 3 aromatic rings. The van der Waals surface area contributed by atoms with Gasteiger partial charge in [0.1, 0.15) is 6.61 Å². The Morgan fingerprint density at radius 1 is 0.846 bits per heavy atom. The highest BCUT2D eigenvalue weighted by molar-refractivity contribution is 5.75. The SMILES string of the molecule is Nc1ccc(-c2ccc(C[C@@H](O)C(=O)OCc3ccccc3)cc2)cc1. The minimum Gasteiger partial charge on any atom is -0.459 e. The summed E-state index contributed by atoms with van der Waals surface area (Å²) in [4.78, 5) is 12.0. The molecule has 26 heavy (non-hydrogen) atoms. The summed E-state index contributed by atoms with van der Waals surface area (Å²) in [7, 11) is 0. The first kappa shape index (κ1) is 17.7. The average molecular weight is 347 g/mol. The molecule has 0 aliphatic heterocycles. The third-order valence-corrected chi connectivity index (χ3v) is 4.12. The van der Waals surface area contributed by atoms with Gasteiger partial charge in [0.05, 0.1) is 0 Å². The Morgan fingerprint density at radius 2 is 1.42 bits per heavy atom. The van der Waals surface area contributed by atoms with Gasteiger partial charge >= 0.3 is 5.97 Å². The Balaban J connectivity index is 1.56. The minimum absolute atomic E-state index is 0.160. The molecule has 0 bridgehead atoms. The summed E-state index contributed by atoms with van der Waals surface area (Å²) in [5, 5.41) is 10.1. The van der Waals surface area contributed by atoms with Crippen molar-refractivity contribution in [3.05, 3.63) is 90.0 Å². The number of aliphatic hydroxyl groups excluding tert-OH is 1. The van der Waals surface area contributed by atoms with Crippen LogP contribution in [0.1, 0.15) is 11.1 Å². The van der Waals surface area contributed by atoms with Crippen molar-refractivity contribution < 1.29 is 14.6 Å². The van der Waals surface area contributed by atoms with E-state index in [0.29, 0.717) is 0 Å². The molecule has 4 nitrogen and oxygen atoms in total. The zero-order valence-corrected chi connectivity index (χ0v) is 14.3. The van der Waals surface area contributed by atoms with Crippen molar-refractivity contribution in [3.63, 3.8) is 0 Å². The minimum atomic E-state index is -1.18. The summed E-state index contributed by atoms with van der Waals surface area (Å²) in [6.07, 6.45) is -0.962. The number of nitrogens with two attached hydrogens (primary N) is 1. The van der Waals surface area contributed by atoms with E-state index in [9.17, 15) is 9.90 Å². The lowest BCUT2D eigenvalue weighted by atomic mass is 10.0. The molecule has 1 atom stereocenters. The number of aliphatic hydroxyl groups is 1. The first-order valence-electron chi connectivity index (χ1n) is 8.45. The predicted octanol–water partition coefficient (Wildman–Crippen LogP) is 3.58. The summed E-state index contributed by atoms with van der Waals surface area (Å²) in [5.74, 6) is -0.614. The lowest BCUT2D eigenvalue weighted by molar-refractivity contribution is -0.154. The molecular formula is C22H21NO3. The molecule has 0 heterocycles. The molecule has 3 rings (SSSR count). The summed E-state index contributed by atoms with van der Waals surface area (Å²) in [5.41, 5.74) is 10.3. The van der Waals surface area contributed by atoms with Gasteiger partial charge in [0.25, 0.3) is 0 Å². The van der Waals surface area contributed by atoms with Crippen LogP contribution >= 0.6 is 0 Å². The first-order valence-corrected chi connectivity index (χ1v) is 8.45. The fourth-order valence-electron chi connectivity index (χ4n) is 2.64. The lowest BCUT2D eigenvalue weighted by Gasteiger charge is -2.11. The van der Waals surface area contributed by atoms with Crippen molar-refractivity contribution in [1.29, 1.82) is 0 Å². The van der Waals surface area contributed by atoms with E-state index in [1.807, 2.05) is 78.9 Å². The fourth-order valence-corrected chi connectivity index (χ4v) is 2.64. The molecule has 132 valence electrons. The fraction of sp³-hybridized carbons (Fsp3) is 0.136. The Bertz CT molecular complexity index is 843. The van der Waals surface area contributed by atoms with Crippen molar-refractivity contribution in [3.8, 4) is 11.1 Å². The molecular weight excluding hydrogens is 326 g/mol. The van der Waals surface area contributed by atoms with E-state index in [0.717, 1.165) is 27.9 Å². The van der Waals surface area contributed by atoms with Gasteiger partial charge < -0.3 is 15.6 Å². The average Bonchev–Trinajstić information content (AvgIpc) is 2.68. The monoisotopic (exact) mass is 347 g/mol. The van der Waals surface area contributed by atoms with Gasteiger partial charge in [-0.25, -0.2) is 4.79 Å². The number of nitrogen functional groups attached to an aromatic ring is 1. The number of benzene rings is 3. The number of hydrogen-bond donors (Lipinski definition) is 2. The van der Waals surface area contributed by atoms with Crippen LogP contribution in [0.3, 0.4) is 0 Å². The van der Waals surface area contributed by atoms with Crippen molar-refractivity contribution in [2.75, 3.05) is 5.73 Å². The largest absolute Gasteiger partial charge is 0.459 e. The number of carbonyl (C=O) groups excluding carboxylic acids is 1. The number of ether oxygens (including phenoxy) is 1. The molecule has 0 aromatic heterocycles. The molecule has 0 fully saturated rings. The van der Waals surface area contributed by atoms with Gasteiger partial charge in [-0.3, -0.25) is 0 Å². The van der Waals surface area contributed by atoms with Crippen molar-refractivity contribution in [1.82, 2.24) is 0 Å². The standard InChI is InChI=1S/C22H21NO3/c23-20-12-10-19(11-13-20)18-8-6-16(7-9-18)14-21(24)22(25)26-15-17-4-2-1-3-5-17/h1-13,21,24H,14-15,23H2/t21-/m1/s1. The number of anilines is 1. The van der Waals surface area contributed by atoms with Crippen molar-refractivity contribution >= 4 is 11.7 Å². The van der Waals surface area contributed by atoms with Gasteiger partial charge in [-0.15, -0.1) is 0 Å². The highest BCUT2D eigenvalue weighted by Crippen LogP contribution is 2.21. The highest BCUT2D eigenvalue weighted by atomic mass is 16.5. The molecule has 0 aliphatic rings. The molecule has 0 aliphatic carbocycles. The van der Waals surface area contributed by atoms with Crippen LogP contribution in [0.4, 0.5) is 5.69 Å². The van der Waals surface area contributed by atoms with Crippen LogP contribution in [0.2, 0.25) is 0 Å². The normalized spacial score (nSPS) is 11.7. The molecule has 0 spiro atoms. The van der Waals surface area contributed by atoms with Crippen LogP contribution in [0.5, 0.6) is 0 Å². The molecule has 0 unspecified atom stereocenters. The van der Waals surface area contributed by atoms with Crippen LogP contribution in [0.15, 0.2) is 78.9 Å². The predicted molar refractivity (Wildman–Crippen MR) is 102 cm³/mol. The topological polar surface area (TPSA) is 72.5 Å². The van der Waals surface area contributed by atoms with Gasteiger partial charge in [0.2, 0.25) is 0 Å². The van der Waals surface area contributed by atoms with E-state index in [1.165, 1.54) is 0 Å². The number of esters is 1. The molecule has 4 heteroatoms. The van der Waals surface area contributed by atoms with Gasteiger partial charge in [-0.05, 0) is 34.4 Å². The Morgan fingerprint density at radius 3 is 2.04 bits per heavy atom. The highest BCUT2D eigenvalue weighted by Gasteiger charge is 2.17. The summed E-state index contributed by atoms with van der Waals surface area (Å²) >= 11 is 0. The zero-order valence-electron chi connectivity index (χ0n) is 14.3. The maximum absolute atomic E-state index is 12.0. The molecule has 0 saturated carbocycles. The molecule has 3 aromatic carbocycles. The third kappa shape index (κ3) is 4.71. The molecule has 0 amide bonds. The summed E-state index contributed by atoms with van der Waals surface area (Å²) in [6.45, 7) is 0.160. The summed E-state index contributed by atoms with van der Waals surface area (Å²) in [6, 6.07) is 24.8. The third-order valence-electron chi connectivity index (χ3n) is 4.12. The first-order chi connectivity index (χ1) is 12.6. The molecule has 0 saturated heterocycles. The van der Waals surface area contributed by atoms with Gasteiger partial charge in [-0.2, -0.15) is 0 Å². The van der Waals surface area contributed by atoms with Crippen LogP contribution in [0, 0.1) is 0 Å². The van der Waals surface area contributed by atoms with Crippen LogP contribution in [-0.2, 0) is 22.6 Å². The van der Waals surface area contributed by atoms with Gasteiger partial charge in [0.15, 0.2) is 6.10 Å². The Labute approximate surface area is 152 Å². The molecule has 0 radical (unpaired) electrons.